The molecule has 1 aromatic carbocycles. The van der Waals surface area contributed by atoms with Crippen LogP contribution in [0.1, 0.15) is 17.9 Å². The highest BCUT2D eigenvalue weighted by molar-refractivity contribution is 5.95. The van der Waals surface area contributed by atoms with Crippen LogP contribution in [0.4, 0.5) is 18.9 Å². The highest BCUT2D eigenvalue weighted by Gasteiger charge is 2.42. The number of alkyl halides is 3. The number of carbonyl (C=O) groups excluding carboxylic acids is 1. The van der Waals surface area contributed by atoms with Crippen LogP contribution < -0.4 is 19.7 Å². The molecular formula is C22H19F3N4O4. The fourth-order valence-corrected chi connectivity index (χ4v) is 3.39. The molecule has 1 aliphatic rings. The molecule has 0 saturated carbocycles. The van der Waals surface area contributed by atoms with E-state index >= 15 is 0 Å². The Morgan fingerprint density at radius 2 is 2.12 bits per heavy atom. The van der Waals surface area contributed by atoms with Gasteiger partial charge in [0.05, 0.1) is 12.8 Å². The third-order valence-electron chi connectivity index (χ3n) is 4.86. The summed E-state index contributed by atoms with van der Waals surface area (Å²) in [5.41, 5.74) is 1.44. The zero-order valence-corrected chi connectivity index (χ0v) is 17.5. The lowest BCUT2D eigenvalue weighted by Crippen LogP contribution is -2.29. The van der Waals surface area contributed by atoms with Crippen molar-refractivity contribution in [1.82, 2.24) is 15.3 Å². The minimum Gasteiger partial charge on any atom is -0.491 e. The minimum atomic E-state index is -5.17. The Kier molecular flexibility index (Phi) is 6.37. The Balaban J connectivity index is 1.84. The first-order valence-corrected chi connectivity index (χ1v) is 10.0. The monoisotopic (exact) mass is 460 g/mol. The lowest BCUT2D eigenvalue weighted by atomic mass is 10.2. The molecule has 8 nitrogen and oxygen atoms in total. The van der Waals surface area contributed by atoms with E-state index in [1.807, 2.05) is 4.90 Å². The maximum absolute atomic E-state index is 12.9. The summed E-state index contributed by atoms with van der Waals surface area (Å²) < 4.78 is 54.4. The maximum atomic E-state index is 12.9. The van der Waals surface area contributed by atoms with E-state index in [0.717, 1.165) is 13.0 Å². The van der Waals surface area contributed by atoms with E-state index in [9.17, 15) is 18.0 Å². The van der Waals surface area contributed by atoms with Crippen molar-refractivity contribution in [2.24, 2.45) is 0 Å². The van der Waals surface area contributed by atoms with E-state index < -0.39 is 17.9 Å². The Morgan fingerprint density at radius 1 is 1.27 bits per heavy atom. The molecule has 33 heavy (non-hydrogen) atoms. The second kappa shape index (κ2) is 9.38. The molecule has 1 saturated heterocycles. The topological polar surface area (TPSA) is 89.7 Å². The Hall–Kier alpha value is -3.78. The van der Waals surface area contributed by atoms with Gasteiger partial charge in [0.15, 0.2) is 22.6 Å². The van der Waals surface area contributed by atoms with Crippen LogP contribution in [0.15, 0.2) is 35.0 Å². The Bertz CT molecular complexity index is 1210. The second-order valence-electron chi connectivity index (χ2n) is 7.09. The van der Waals surface area contributed by atoms with Crippen molar-refractivity contribution in [2.75, 3.05) is 38.2 Å². The predicted octanol–water partition coefficient (Wildman–Crippen LogP) is 2.90. The van der Waals surface area contributed by atoms with Gasteiger partial charge in [-0.05, 0) is 31.0 Å². The largest absolute Gasteiger partial charge is 0.491 e. The van der Waals surface area contributed by atoms with Gasteiger partial charge >= 0.3 is 12.1 Å². The zero-order chi connectivity index (χ0) is 23.4. The number of nitrogens with zero attached hydrogens (tertiary/aromatic N) is 3. The number of ether oxygens (including phenoxy) is 2. The molecule has 4 rings (SSSR count). The summed E-state index contributed by atoms with van der Waals surface area (Å²) in [6.07, 6.45) is -1.19. The average Bonchev–Trinajstić information content (AvgIpc) is 3.03. The molecule has 1 N–H and O–H groups in total. The number of fused-ring (bicyclic) bond motifs is 1. The van der Waals surface area contributed by atoms with Gasteiger partial charge < -0.3 is 24.1 Å². The second-order valence-corrected chi connectivity index (χ2v) is 7.09. The summed E-state index contributed by atoms with van der Waals surface area (Å²) >= 11 is 0. The summed E-state index contributed by atoms with van der Waals surface area (Å²) in [7, 11) is 1.24. The van der Waals surface area contributed by atoms with E-state index in [1.165, 1.54) is 13.2 Å². The molecule has 2 aromatic heterocycles. The number of benzene rings is 1. The molecule has 0 atom stereocenters. The quantitative estimate of drug-likeness (QED) is 0.363. The van der Waals surface area contributed by atoms with Gasteiger partial charge in [-0.25, -0.2) is 4.79 Å². The number of halogens is 3. The van der Waals surface area contributed by atoms with E-state index in [4.69, 9.17) is 9.15 Å². The van der Waals surface area contributed by atoms with Crippen molar-refractivity contribution >= 4 is 22.8 Å². The third kappa shape index (κ3) is 5.01. The zero-order valence-electron chi connectivity index (χ0n) is 17.5. The van der Waals surface area contributed by atoms with Gasteiger partial charge in [-0.3, -0.25) is 4.98 Å². The van der Waals surface area contributed by atoms with Crippen molar-refractivity contribution < 1.29 is 31.9 Å². The normalized spacial score (nSPS) is 14.4. The van der Waals surface area contributed by atoms with Gasteiger partial charge in [0.2, 0.25) is 0 Å². The molecule has 1 aliphatic heterocycles. The van der Waals surface area contributed by atoms with E-state index in [-0.39, 0.29) is 22.7 Å². The van der Waals surface area contributed by atoms with Crippen LogP contribution in [-0.4, -0.2) is 55.4 Å². The van der Waals surface area contributed by atoms with Crippen LogP contribution in [0.3, 0.4) is 0 Å². The summed E-state index contributed by atoms with van der Waals surface area (Å²) in [4.78, 5) is 21.8. The molecule has 3 aromatic rings. The molecular weight excluding hydrogens is 441 g/mol. The number of carbonyl (C=O) groups is 1. The van der Waals surface area contributed by atoms with Crippen molar-refractivity contribution in [3.63, 3.8) is 0 Å². The molecule has 0 amide bonds. The number of aromatic nitrogens is 2. The van der Waals surface area contributed by atoms with Gasteiger partial charge in [-0.15, -0.1) is 0 Å². The number of hydrogen-bond acceptors (Lipinski definition) is 8. The van der Waals surface area contributed by atoms with E-state index in [2.05, 4.69) is 31.9 Å². The SMILES string of the molecule is COc1c(OC(=O)C(F)(F)F)cc(N2CCCNCC2)c2oc(C#Cc3cccnc3)nc12. The molecule has 11 heteroatoms. The van der Waals surface area contributed by atoms with Crippen molar-refractivity contribution in [3.8, 4) is 23.3 Å². The lowest BCUT2D eigenvalue weighted by molar-refractivity contribution is -0.189. The number of anilines is 1. The first-order valence-electron chi connectivity index (χ1n) is 10.0. The molecule has 172 valence electrons. The Morgan fingerprint density at radius 3 is 2.85 bits per heavy atom. The molecule has 0 spiro atoms. The van der Waals surface area contributed by atoms with Crippen LogP contribution in [0.2, 0.25) is 0 Å². The van der Waals surface area contributed by atoms with Crippen LogP contribution in [-0.2, 0) is 4.79 Å². The van der Waals surface area contributed by atoms with Crippen LogP contribution in [0.25, 0.3) is 11.1 Å². The number of esters is 1. The Labute approximate surface area is 186 Å². The number of oxazole rings is 1. The van der Waals surface area contributed by atoms with Crippen LogP contribution in [0.5, 0.6) is 11.5 Å². The molecule has 1 fully saturated rings. The maximum Gasteiger partial charge on any atom is 0.491 e. The van der Waals surface area contributed by atoms with Crippen molar-refractivity contribution in [1.29, 1.82) is 0 Å². The van der Waals surface area contributed by atoms with Gasteiger partial charge in [-0.1, -0.05) is 5.92 Å². The lowest BCUT2D eigenvalue weighted by Gasteiger charge is -2.23. The van der Waals surface area contributed by atoms with Crippen LogP contribution in [0, 0.1) is 11.8 Å². The smallest absolute Gasteiger partial charge is 0.491 e. The number of pyridine rings is 1. The molecule has 0 radical (unpaired) electrons. The molecule has 3 heterocycles. The minimum absolute atomic E-state index is 0.0284. The van der Waals surface area contributed by atoms with Crippen molar-refractivity contribution in [3.05, 3.63) is 42.0 Å². The number of rotatable bonds is 3. The fourth-order valence-electron chi connectivity index (χ4n) is 3.39. The average molecular weight is 460 g/mol. The van der Waals surface area contributed by atoms with E-state index in [1.54, 1.807) is 24.5 Å². The molecule has 0 aliphatic carbocycles. The number of nitrogens with one attached hydrogen (secondary N) is 1. The number of methoxy groups -OCH3 is 1. The van der Waals surface area contributed by atoms with Gasteiger partial charge in [0.1, 0.15) is 0 Å². The number of hydrogen-bond donors (Lipinski definition) is 1. The highest BCUT2D eigenvalue weighted by atomic mass is 19.4. The van der Waals surface area contributed by atoms with Gasteiger partial charge in [-0.2, -0.15) is 18.2 Å². The summed E-state index contributed by atoms with van der Waals surface area (Å²) in [6, 6.07) is 4.79. The molecule has 0 bridgehead atoms. The van der Waals surface area contributed by atoms with E-state index in [0.29, 0.717) is 30.9 Å². The standard InChI is InChI=1S/C22H19F3N4O4/c1-31-20-16(32-21(30)22(23,24)25)12-15(29-10-3-8-26-9-11-29)19-18(20)28-17(33-19)6-5-14-4-2-7-27-13-14/h2,4,7,12-13,26H,3,8-11H2,1H3. The molecule has 0 unspecified atom stereocenters. The first kappa shape index (κ1) is 22.4. The predicted molar refractivity (Wildman–Crippen MR) is 112 cm³/mol. The van der Waals surface area contributed by atoms with Gasteiger partial charge in [0, 0.05) is 43.7 Å². The summed E-state index contributed by atoms with van der Waals surface area (Å²) in [5, 5.41) is 3.25. The van der Waals surface area contributed by atoms with Gasteiger partial charge in [0.25, 0.3) is 5.89 Å². The van der Waals surface area contributed by atoms with Crippen molar-refractivity contribution in [2.45, 2.75) is 12.6 Å². The summed E-state index contributed by atoms with van der Waals surface area (Å²) in [5.74, 6) is 2.77. The first-order chi connectivity index (χ1) is 15.9. The third-order valence-corrected chi connectivity index (χ3v) is 4.86. The fraction of sp³-hybridized carbons (Fsp3) is 0.318. The van der Waals surface area contributed by atoms with Crippen LogP contribution >= 0.6 is 0 Å². The summed E-state index contributed by atoms with van der Waals surface area (Å²) in [6.45, 7) is 2.63. The highest BCUT2D eigenvalue weighted by Crippen LogP contribution is 2.42.